The van der Waals surface area contributed by atoms with E-state index >= 15 is 0 Å². The molecule has 2 aromatic carbocycles. The number of aromatic nitrogens is 1. The van der Waals surface area contributed by atoms with Gasteiger partial charge in [0.25, 0.3) is 17.7 Å². The Hall–Kier alpha value is -4.00. The van der Waals surface area contributed by atoms with Gasteiger partial charge in [0.05, 0.1) is 5.56 Å². The highest BCUT2D eigenvalue weighted by molar-refractivity contribution is 5.99. The summed E-state index contributed by atoms with van der Waals surface area (Å²) in [5.74, 6) is -1.41. The largest absolute Gasteiger partial charge is 0.340 e. The van der Waals surface area contributed by atoms with E-state index in [4.69, 9.17) is 0 Å². The van der Waals surface area contributed by atoms with Crippen molar-refractivity contribution in [3.8, 4) is 0 Å². The highest BCUT2D eigenvalue weighted by atomic mass is 16.2. The van der Waals surface area contributed by atoms with Crippen molar-refractivity contribution in [3.63, 3.8) is 0 Å². The number of pyridine rings is 1. The highest BCUT2D eigenvalue weighted by Gasteiger charge is 2.22. The van der Waals surface area contributed by atoms with Gasteiger partial charge in [0.15, 0.2) is 0 Å². The minimum absolute atomic E-state index is 0.272. The van der Waals surface area contributed by atoms with E-state index in [1.54, 1.807) is 48.7 Å². The molecule has 3 amide bonds. The molecular weight excluding hydrogens is 368 g/mol. The first-order chi connectivity index (χ1) is 14.1. The molecule has 0 bridgehead atoms. The number of hydrazine groups is 1. The maximum Gasteiger partial charge on any atom is 0.271 e. The number of hydrogen-bond donors (Lipinski definition) is 3. The molecule has 0 unspecified atom stereocenters. The molecule has 0 fully saturated rings. The number of carbonyl (C=O) groups excluding carboxylic acids is 3. The lowest BCUT2D eigenvalue weighted by Gasteiger charge is -2.19. The molecule has 29 heavy (non-hydrogen) atoms. The monoisotopic (exact) mass is 388 g/mol. The van der Waals surface area contributed by atoms with Crippen LogP contribution in [0.3, 0.4) is 0 Å². The minimum atomic E-state index is -0.876. The van der Waals surface area contributed by atoms with Crippen LogP contribution in [0.15, 0.2) is 85.2 Å². The van der Waals surface area contributed by atoms with Crippen molar-refractivity contribution in [3.05, 3.63) is 102 Å². The molecule has 7 heteroatoms. The number of carbonyl (C=O) groups is 3. The first-order valence-corrected chi connectivity index (χ1v) is 9.03. The van der Waals surface area contributed by atoms with Crippen molar-refractivity contribution in [2.75, 3.05) is 0 Å². The molecule has 3 aromatic rings. The van der Waals surface area contributed by atoms with Gasteiger partial charge in [-0.05, 0) is 29.8 Å². The Kier molecular flexibility index (Phi) is 6.67. The van der Waals surface area contributed by atoms with E-state index < -0.39 is 17.9 Å². The van der Waals surface area contributed by atoms with E-state index in [9.17, 15) is 14.4 Å². The normalized spacial score (nSPS) is 11.2. The van der Waals surface area contributed by atoms with Crippen LogP contribution in [0, 0.1) is 0 Å². The Morgan fingerprint density at radius 3 is 2.07 bits per heavy atom. The van der Waals surface area contributed by atoms with Gasteiger partial charge in [-0.25, -0.2) is 0 Å². The van der Waals surface area contributed by atoms with E-state index in [2.05, 4.69) is 21.2 Å². The summed E-state index contributed by atoms with van der Waals surface area (Å²) in [5, 5.41) is 2.73. The molecule has 1 heterocycles. The Balaban J connectivity index is 1.68. The molecule has 146 valence electrons. The Morgan fingerprint density at radius 1 is 0.759 bits per heavy atom. The quantitative estimate of drug-likeness (QED) is 0.562. The van der Waals surface area contributed by atoms with Gasteiger partial charge < -0.3 is 5.32 Å². The van der Waals surface area contributed by atoms with Gasteiger partial charge in [-0.1, -0.05) is 48.5 Å². The van der Waals surface area contributed by atoms with Crippen molar-refractivity contribution < 1.29 is 14.4 Å². The van der Waals surface area contributed by atoms with Crippen LogP contribution in [0.4, 0.5) is 0 Å². The molecule has 1 atom stereocenters. The molecule has 0 radical (unpaired) electrons. The number of amides is 3. The van der Waals surface area contributed by atoms with Crippen molar-refractivity contribution in [2.24, 2.45) is 0 Å². The van der Waals surface area contributed by atoms with E-state index in [-0.39, 0.29) is 12.3 Å². The topological polar surface area (TPSA) is 100 Å². The predicted molar refractivity (Wildman–Crippen MR) is 108 cm³/mol. The zero-order valence-electron chi connectivity index (χ0n) is 15.5. The van der Waals surface area contributed by atoms with E-state index in [1.165, 1.54) is 6.20 Å². The van der Waals surface area contributed by atoms with Gasteiger partial charge in [-0.2, -0.15) is 0 Å². The fourth-order valence-electron chi connectivity index (χ4n) is 2.66. The van der Waals surface area contributed by atoms with E-state index in [1.807, 2.05) is 30.3 Å². The number of rotatable bonds is 6. The van der Waals surface area contributed by atoms with Crippen LogP contribution in [0.5, 0.6) is 0 Å². The lowest BCUT2D eigenvalue weighted by molar-refractivity contribution is -0.123. The zero-order valence-corrected chi connectivity index (χ0v) is 15.5. The zero-order chi connectivity index (χ0) is 20.5. The molecule has 7 nitrogen and oxygen atoms in total. The SMILES string of the molecule is O=C(NNC(=O)[C@H](Cc1ccccc1)NC(=O)c1ccccc1)c1cccnc1. The molecule has 0 aliphatic heterocycles. The average molecular weight is 388 g/mol. The van der Waals surface area contributed by atoms with E-state index in [0.717, 1.165) is 5.56 Å². The summed E-state index contributed by atoms with van der Waals surface area (Å²) in [6.45, 7) is 0. The van der Waals surface area contributed by atoms with Crippen molar-refractivity contribution >= 4 is 17.7 Å². The van der Waals surface area contributed by atoms with Gasteiger partial charge in [-0.15, -0.1) is 0 Å². The first kappa shape index (κ1) is 19.8. The van der Waals surface area contributed by atoms with Crippen LogP contribution in [0.1, 0.15) is 26.3 Å². The summed E-state index contributed by atoms with van der Waals surface area (Å²) >= 11 is 0. The average Bonchev–Trinajstić information content (AvgIpc) is 2.78. The highest BCUT2D eigenvalue weighted by Crippen LogP contribution is 2.06. The second kappa shape index (κ2) is 9.80. The van der Waals surface area contributed by atoms with Crippen molar-refractivity contribution in [1.82, 2.24) is 21.2 Å². The predicted octanol–water partition coefficient (Wildman–Crippen LogP) is 1.88. The summed E-state index contributed by atoms with van der Waals surface area (Å²) in [7, 11) is 0. The summed E-state index contributed by atoms with van der Waals surface area (Å²) in [6.07, 6.45) is 3.21. The molecule has 0 aliphatic carbocycles. The first-order valence-electron chi connectivity index (χ1n) is 9.03. The smallest absolute Gasteiger partial charge is 0.271 e. The molecule has 0 saturated heterocycles. The lowest BCUT2D eigenvalue weighted by atomic mass is 10.0. The summed E-state index contributed by atoms with van der Waals surface area (Å²) in [6, 6.07) is 20.3. The fraction of sp³-hybridized carbons (Fsp3) is 0.0909. The lowest BCUT2D eigenvalue weighted by Crippen LogP contribution is -2.53. The second-order valence-electron chi connectivity index (χ2n) is 6.27. The van der Waals surface area contributed by atoms with Crippen LogP contribution >= 0.6 is 0 Å². The summed E-state index contributed by atoms with van der Waals surface area (Å²) in [5.41, 5.74) is 6.35. The number of benzene rings is 2. The van der Waals surface area contributed by atoms with Crippen molar-refractivity contribution in [2.45, 2.75) is 12.5 Å². The van der Waals surface area contributed by atoms with Gasteiger partial charge in [-0.3, -0.25) is 30.2 Å². The van der Waals surface area contributed by atoms with Gasteiger partial charge in [0.1, 0.15) is 6.04 Å². The standard InChI is InChI=1S/C22H20N4O3/c27-20(17-10-5-2-6-11-17)24-19(14-16-8-3-1-4-9-16)22(29)26-25-21(28)18-12-7-13-23-15-18/h1-13,15,19H,14H2,(H,24,27)(H,25,28)(H,26,29)/t19-/m0/s1. The molecule has 3 N–H and O–H groups in total. The Morgan fingerprint density at radius 2 is 1.41 bits per heavy atom. The van der Waals surface area contributed by atoms with Crippen LogP contribution in [-0.4, -0.2) is 28.7 Å². The molecule has 0 spiro atoms. The molecular formula is C22H20N4O3. The third-order valence-corrected chi connectivity index (χ3v) is 4.16. The third kappa shape index (κ3) is 5.74. The number of nitrogens with one attached hydrogen (secondary N) is 3. The second-order valence-corrected chi connectivity index (χ2v) is 6.27. The molecule has 3 rings (SSSR count). The Bertz CT molecular complexity index is 963. The van der Waals surface area contributed by atoms with E-state index in [0.29, 0.717) is 11.1 Å². The van der Waals surface area contributed by atoms with Crippen LogP contribution in [-0.2, 0) is 11.2 Å². The maximum absolute atomic E-state index is 12.7. The fourth-order valence-corrected chi connectivity index (χ4v) is 2.66. The van der Waals surface area contributed by atoms with Gasteiger partial charge in [0, 0.05) is 24.4 Å². The summed E-state index contributed by atoms with van der Waals surface area (Å²) in [4.78, 5) is 41.2. The van der Waals surface area contributed by atoms with Crippen molar-refractivity contribution in [1.29, 1.82) is 0 Å². The molecule has 0 aliphatic rings. The van der Waals surface area contributed by atoms with Gasteiger partial charge >= 0.3 is 0 Å². The van der Waals surface area contributed by atoms with Crippen LogP contribution in [0.25, 0.3) is 0 Å². The number of nitrogens with zero attached hydrogens (tertiary/aromatic N) is 1. The number of hydrogen-bond acceptors (Lipinski definition) is 4. The minimum Gasteiger partial charge on any atom is -0.340 e. The Labute approximate surface area is 168 Å². The summed E-state index contributed by atoms with van der Waals surface area (Å²) < 4.78 is 0. The molecule has 0 saturated carbocycles. The van der Waals surface area contributed by atoms with Crippen LogP contribution < -0.4 is 16.2 Å². The third-order valence-electron chi connectivity index (χ3n) is 4.16. The van der Waals surface area contributed by atoms with Gasteiger partial charge in [0.2, 0.25) is 0 Å². The maximum atomic E-state index is 12.7. The van der Waals surface area contributed by atoms with Crippen LogP contribution in [0.2, 0.25) is 0 Å². The molecule has 1 aromatic heterocycles.